The highest BCUT2D eigenvalue weighted by Gasteiger charge is 2.30. The highest BCUT2D eigenvalue weighted by atomic mass is 79.9. The van der Waals surface area contributed by atoms with Gasteiger partial charge in [-0.05, 0) is 25.0 Å². The minimum atomic E-state index is -0.793. The molecule has 21 heavy (non-hydrogen) atoms. The first-order valence-corrected chi connectivity index (χ1v) is 7.82. The third kappa shape index (κ3) is 5.61. The van der Waals surface area contributed by atoms with Gasteiger partial charge in [0.25, 0.3) is 0 Å². The van der Waals surface area contributed by atoms with Gasteiger partial charge in [-0.15, -0.1) is 12.4 Å². The molecule has 0 saturated carbocycles. The normalized spacial score (nSPS) is 14.0. The van der Waals surface area contributed by atoms with Gasteiger partial charge in [-0.3, -0.25) is 4.79 Å². The zero-order chi connectivity index (χ0) is 15.4. The van der Waals surface area contributed by atoms with E-state index in [1.54, 1.807) is 6.92 Å². The molecule has 0 heterocycles. The van der Waals surface area contributed by atoms with Crippen molar-refractivity contribution in [2.75, 3.05) is 6.54 Å². The summed E-state index contributed by atoms with van der Waals surface area (Å²) in [5.74, 6) is -0.0838. The van der Waals surface area contributed by atoms with Crippen LogP contribution in [0.5, 0.6) is 0 Å². The van der Waals surface area contributed by atoms with Crippen molar-refractivity contribution in [3.8, 4) is 0 Å². The molecule has 0 fully saturated rings. The average Bonchev–Trinajstić information content (AvgIpc) is 2.36. The summed E-state index contributed by atoms with van der Waals surface area (Å²) in [5, 5.41) is 2.99. The standard InChI is InChI=1S/C16H25BrN2O.ClH/c1-5-10-16(4,18)14(20)19-11-15(2,3)12-8-6-7-9-13(12)17;/h6-9H,5,10-11,18H2,1-4H3,(H,19,20);1H. The Morgan fingerprint density at radius 2 is 1.86 bits per heavy atom. The molecule has 0 aliphatic heterocycles. The van der Waals surface area contributed by atoms with E-state index in [1.165, 1.54) is 5.56 Å². The van der Waals surface area contributed by atoms with Crippen molar-refractivity contribution in [3.05, 3.63) is 34.3 Å². The zero-order valence-electron chi connectivity index (χ0n) is 13.2. The number of nitrogens with two attached hydrogens (primary N) is 1. The number of nitrogens with one attached hydrogen (secondary N) is 1. The minimum Gasteiger partial charge on any atom is -0.354 e. The molecule has 1 aromatic rings. The van der Waals surface area contributed by atoms with Crippen molar-refractivity contribution < 1.29 is 4.79 Å². The Morgan fingerprint density at radius 3 is 2.38 bits per heavy atom. The molecule has 0 spiro atoms. The molecule has 3 N–H and O–H groups in total. The van der Waals surface area contributed by atoms with E-state index in [0.29, 0.717) is 13.0 Å². The van der Waals surface area contributed by atoms with Crippen LogP contribution in [0, 0.1) is 0 Å². The van der Waals surface area contributed by atoms with E-state index in [-0.39, 0.29) is 23.7 Å². The predicted molar refractivity (Wildman–Crippen MR) is 94.9 cm³/mol. The molecule has 1 aromatic carbocycles. The highest BCUT2D eigenvalue weighted by molar-refractivity contribution is 9.10. The second-order valence-electron chi connectivity index (χ2n) is 6.21. The van der Waals surface area contributed by atoms with Crippen LogP contribution >= 0.6 is 28.3 Å². The quantitative estimate of drug-likeness (QED) is 0.792. The fraction of sp³-hybridized carbons (Fsp3) is 0.562. The van der Waals surface area contributed by atoms with Gasteiger partial charge < -0.3 is 11.1 Å². The Morgan fingerprint density at radius 1 is 1.29 bits per heavy atom. The molecule has 1 unspecified atom stereocenters. The smallest absolute Gasteiger partial charge is 0.239 e. The summed E-state index contributed by atoms with van der Waals surface area (Å²) in [6.45, 7) is 8.60. The SMILES string of the molecule is CCCC(C)(N)C(=O)NCC(C)(C)c1ccccc1Br.Cl. The third-order valence-electron chi connectivity index (χ3n) is 3.58. The number of rotatable bonds is 6. The van der Waals surface area contributed by atoms with Crippen LogP contribution in [0.3, 0.4) is 0 Å². The van der Waals surface area contributed by atoms with Crippen LogP contribution in [0.2, 0.25) is 0 Å². The number of hydrogen-bond acceptors (Lipinski definition) is 2. The Kier molecular flexibility index (Phi) is 7.93. The Bertz CT molecular complexity index is 475. The minimum absolute atomic E-state index is 0. The monoisotopic (exact) mass is 376 g/mol. The maximum absolute atomic E-state index is 12.2. The molecule has 0 bridgehead atoms. The second-order valence-corrected chi connectivity index (χ2v) is 7.07. The molecule has 0 saturated heterocycles. The van der Waals surface area contributed by atoms with E-state index in [2.05, 4.69) is 41.2 Å². The van der Waals surface area contributed by atoms with Gasteiger partial charge in [0.15, 0.2) is 0 Å². The van der Waals surface area contributed by atoms with Crippen LogP contribution in [0.15, 0.2) is 28.7 Å². The van der Waals surface area contributed by atoms with E-state index in [9.17, 15) is 4.79 Å². The zero-order valence-corrected chi connectivity index (χ0v) is 15.6. The average molecular weight is 378 g/mol. The van der Waals surface area contributed by atoms with E-state index in [4.69, 9.17) is 5.73 Å². The molecule has 120 valence electrons. The van der Waals surface area contributed by atoms with Gasteiger partial charge in [-0.2, -0.15) is 0 Å². The first-order valence-electron chi connectivity index (χ1n) is 7.03. The number of amides is 1. The lowest BCUT2D eigenvalue weighted by molar-refractivity contribution is -0.126. The fourth-order valence-electron chi connectivity index (χ4n) is 2.24. The summed E-state index contributed by atoms with van der Waals surface area (Å²) in [7, 11) is 0. The fourth-order valence-corrected chi connectivity index (χ4v) is 3.06. The van der Waals surface area contributed by atoms with Gasteiger partial charge in [0.1, 0.15) is 0 Å². The van der Waals surface area contributed by atoms with Gasteiger partial charge in [-0.1, -0.05) is 61.3 Å². The van der Waals surface area contributed by atoms with Crippen molar-refractivity contribution in [2.24, 2.45) is 5.73 Å². The van der Waals surface area contributed by atoms with Gasteiger partial charge >= 0.3 is 0 Å². The van der Waals surface area contributed by atoms with Crippen molar-refractivity contribution in [2.45, 2.75) is 51.5 Å². The van der Waals surface area contributed by atoms with Crippen LogP contribution < -0.4 is 11.1 Å². The second kappa shape index (κ2) is 8.16. The van der Waals surface area contributed by atoms with Gasteiger partial charge in [0.2, 0.25) is 5.91 Å². The molecule has 1 atom stereocenters. The molecular formula is C16H26BrClN2O. The van der Waals surface area contributed by atoms with E-state index in [1.807, 2.05) is 25.1 Å². The van der Waals surface area contributed by atoms with E-state index < -0.39 is 5.54 Å². The van der Waals surface area contributed by atoms with Crippen LogP contribution in [0.1, 0.15) is 46.1 Å². The maximum atomic E-state index is 12.2. The van der Waals surface area contributed by atoms with E-state index in [0.717, 1.165) is 10.9 Å². The molecule has 0 aliphatic carbocycles. The molecular weight excluding hydrogens is 352 g/mol. The van der Waals surface area contributed by atoms with Crippen molar-refractivity contribution in [1.82, 2.24) is 5.32 Å². The summed E-state index contributed by atoms with van der Waals surface area (Å²) >= 11 is 3.57. The highest BCUT2D eigenvalue weighted by Crippen LogP contribution is 2.29. The summed E-state index contributed by atoms with van der Waals surface area (Å²) in [4.78, 5) is 12.2. The van der Waals surface area contributed by atoms with Crippen LogP contribution in [0.4, 0.5) is 0 Å². The predicted octanol–water partition coefficient (Wildman–Crippen LogP) is 3.78. The molecule has 1 rings (SSSR count). The van der Waals surface area contributed by atoms with Gasteiger partial charge in [-0.25, -0.2) is 0 Å². The topological polar surface area (TPSA) is 55.1 Å². The Balaban J connectivity index is 0.00000400. The largest absolute Gasteiger partial charge is 0.354 e. The summed E-state index contributed by atoms with van der Waals surface area (Å²) < 4.78 is 1.06. The molecule has 0 radical (unpaired) electrons. The van der Waals surface area contributed by atoms with Crippen LogP contribution in [-0.4, -0.2) is 18.0 Å². The molecule has 0 aromatic heterocycles. The first kappa shape index (κ1) is 20.4. The van der Waals surface area contributed by atoms with Crippen molar-refractivity contribution >= 4 is 34.2 Å². The summed E-state index contributed by atoms with van der Waals surface area (Å²) in [6, 6.07) is 8.08. The maximum Gasteiger partial charge on any atom is 0.239 e. The number of carbonyl (C=O) groups excluding carboxylic acids is 1. The number of halogens is 2. The number of hydrogen-bond donors (Lipinski definition) is 2. The Labute approximate surface area is 142 Å². The molecule has 3 nitrogen and oxygen atoms in total. The number of carbonyl (C=O) groups is 1. The lowest BCUT2D eigenvalue weighted by Crippen LogP contribution is -2.53. The first-order chi connectivity index (χ1) is 9.20. The lowest BCUT2D eigenvalue weighted by Gasteiger charge is -2.30. The van der Waals surface area contributed by atoms with Crippen LogP contribution in [-0.2, 0) is 10.2 Å². The molecule has 5 heteroatoms. The van der Waals surface area contributed by atoms with Crippen molar-refractivity contribution in [3.63, 3.8) is 0 Å². The third-order valence-corrected chi connectivity index (χ3v) is 4.27. The number of benzene rings is 1. The van der Waals surface area contributed by atoms with E-state index >= 15 is 0 Å². The van der Waals surface area contributed by atoms with Gasteiger partial charge in [0, 0.05) is 16.4 Å². The summed E-state index contributed by atoms with van der Waals surface area (Å²) in [5.41, 5.74) is 6.28. The Hall–Kier alpha value is -0.580. The van der Waals surface area contributed by atoms with Gasteiger partial charge in [0.05, 0.1) is 5.54 Å². The van der Waals surface area contributed by atoms with Crippen molar-refractivity contribution in [1.29, 1.82) is 0 Å². The van der Waals surface area contributed by atoms with Crippen LogP contribution in [0.25, 0.3) is 0 Å². The molecule has 0 aliphatic rings. The summed E-state index contributed by atoms with van der Waals surface area (Å²) in [6.07, 6.45) is 1.59. The molecule has 1 amide bonds. The lowest BCUT2D eigenvalue weighted by atomic mass is 9.84.